The van der Waals surface area contributed by atoms with Crippen LogP contribution in [0.1, 0.15) is 74.4 Å². The topological polar surface area (TPSA) is 17.1 Å². The number of hydrogen-bond donors (Lipinski definition) is 0. The van der Waals surface area contributed by atoms with Crippen LogP contribution in [-0.2, 0) is 0 Å². The monoisotopic (exact) mass is 454 g/mol. The molecule has 0 aromatic heterocycles. The molecule has 0 bridgehead atoms. The van der Waals surface area contributed by atoms with Crippen molar-refractivity contribution >= 4 is 6.29 Å². The molecular weight excluding hydrogens is 412 g/mol. The molecule has 0 spiro atoms. The van der Waals surface area contributed by atoms with E-state index in [4.69, 9.17) is 0 Å². The van der Waals surface area contributed by atoms with Gasteiger partial charge in [0.15, 0.2) is 0 Å². The van der Waals surface area contributed by atoms with Crippen LogP contribution in [0.5, 0.6) is 0 Å². The number of rotatable bonds is 6. The summed E-state index contributed by atoms with van der Waals surface area (Å²) in [4.78, 5) is 10.0. The largest absolute Gasteiger partial charge is 0.298 e. The fourth-order valence-electron chi connectivity index (χ4n) is 2.82. The first-order valence-corrected chi connectivity index (χ1v) is 11.8. The van der Waals surface area contributed by atoms with Crippen LogP contribution in [0.15, 0.2) is 128 Å². The normalized spacial score (nSPS) is 11.2. The lowest BCUT2D eigenvalue weighted by atomic mass is 9.95. The van der Waals surface area contributed by atoms with E-state index in [1.54, 1.807) is 18.2 Å². The molecule has 0 aliphatic carbocycles. The molecule has 0 heterocycles. The van der Waals surface area contributed by atoms with Crippen molar-refractivity contribution in [1.29, 1.82) is 0 Å². The fourth-order valence-corrected chi connectivity index (χ4v) is 2.82. The molecule has 0 saturated carbocycles. The first kappa shape index (κ1) is 30.6. The van der Waals surface area contributed by atoms with Gasteiger partial charge in [0.05, 0.1) is 0 Å². The zero-order chi connectivity index (χ0) is 25.6. The summed E-state index contributed by atoms with van der Waals surface area (Å²) in [6, 6.07) is 30.2. The van der Waals surface area contributed by atoms with Crippen LogP contribution in [-0.4, -0.2) is 6.29 Å². The van der Waals surface area contributed by atoms with Gasteiger partial charge in [0.1, 0.15) is 6.29 Å². The Morgan fingerprint density at radius 2 is 1.21 bits per heavy atom. The van der Waals surface area contributed by atoms with E-state index in [1.807, 2.05) is 31.2 Å². The SMILES string of the molecule is C=C(C)C(C)c1ccccc1.C=CC.CC=CCC(C)c1ccccc1.O=Cc1ccccc1. The second-order valence-corrected chi connectivity index (χ2v) is 8.03. The van der Waals surface area contributed by atoms with Crippen molar-refractivity contribution in [2.75, 3.05) is 0 Å². The van der Waals surface area contributed by atoms with Gasteiger partial charge in [-0.3, -0.25) is 4.79 Å². The van der Waals surface area contributed by atoms with Gasteiger partial charge in [-0.2, -0.15) is 0 Å². The summed E-state index contributed by atoms with van der Waals surface area (Å²) in [5, 5.41) is 0. The Morgan fingerprint density at radius 1 is 0.794 bits per heavy atom. The first-order valence-electron chi connectivity index (χ1n) is 11.8. The Kier molecular flexibility index (Phi) is 18.1. The number of carbonyl (C=O) groups is 1. The van der Waals surface area contributed by atoms with Crippen molar-refractivity contribution < 1.29 is 4.79 Å². The van der Waals surface area contributed by atoms with Gasteiger partial charge in [-0.15, -0.1) is 6.58 Å². The van der Waals surface area contributed by atoms with Gasteiger partial charge in [-0.25, -0.2) is 0 Å². The van der Waals surface area contributed by atoms with E-state index < -0.39 is 0 Å². The summed E-state index contributed by atoms with van der Waals surface area (Å²) in [5.41, 5.74) is 4.72. The second-order valence-electron chi connectivity index (χ2n) is 8.03. The summed E-state index contributed by atoms with van der Waals surface area (Å²) < 4.78 is 0. The molecule has 0 radical (unpaired) electrons. The first-order chi connectivity index (χ1) is 16.4. The van der Waals surface area contributed by atoms with E-state index in [0.717, 1.165) is 18.3 Å². The highest BCUT2D eigenvalue weighted by atomic mass is 16.1. The van der Waals surface area contributed by atoms with Crippen LogP contribution in [0.3, 0.4) is 0 Å². The molecule has 3 aromatic carbocycles. The van der Waals surface area contributed by atoms with Crippen molar-refractivity contribution in [2.45, 2.75) is 52.9 Å². The Balaban J connectivity index is 0.000000461. The zero-order valence-corrected chi connectivity index (χ0v) is 21.7. The minimum atomic E-state index is 0.483. The van der Waals surface area contributed by atoms with E-state index in [-0.39, 0.29) is 0 Å². The molecule has 1 nitrogen and oxygen atoms in total. The second kappa shape index (κ2) is 20.2. The number of aldehydes is 1. The van der Waals surface area contributed by atoms with Crippen LogP contribution >= 0.6 is 0 Å². The van der Waals surface area contributed by atoms with Gasteiger partial charge >= 0.3 is 0 Å². The maximum atomic E-state index is 10.0. The average Bonchev–Trinajstić information content (AvgIpc) is 2.89. The maximum absolute atomic E-state index is 10.0. The van der Waals surface area contributed by atoms with Crippen molar-refractivity contribution in [2.24, 2.45) is 0 Å². The van der Waals surface area contributed by atoms with E-state index in [2.05, 4.69) is 108 Å². The van der Waals surface area contributed by atoms with E-state index in [0.29, 0.717) is 11.8 Å². The minimum absolute atomic E-state index is 0.483. The molecule has 0 saturated heterocycles. The van der Waals surface area contributed by atoms with Crippen molar-refractivity contribution in [3.05, 3.63) is 145 Å². The Labute approximate surface area is 208 Å². The van der Waals surface area contributed by atoms with Crippen molar-refractivity contribution in [3.8, 4) is 0 Å². The van der Waals surface area contributed by atoms with Crippen LogP contribution in [0.25, 0.3) is 0 Å². The Bertz CT molecular complexity index is 924. The number of benzene rings is 3. The lowest BCUT2D eigenvalue weighted by Gasteiger charge is -2.10. The zero-order valence-electron chi connectivity index (χ0n) is 21.7. The molecule has 0 aliphatic heterocycles. The lowest BCUT2D eigenvalue weighted by molar-refractivity contribution is 0.112. The van der Waals surface area contributed by atoms with Crippen molar-refractivity contribution in [3.63, 3.8) is 0 Å². The van der Waals surface area contributed by atoms with Crippen LogP contribution < -0.4 is 0 Å². The standard InChI is InChI=1S/C12H16.C11H14.C7H6O.C3H6/c1-3-4-8-11(2)12-9-6-5-7-10-12;1-9(2)10(3)11-7-5-4-6-8-11;8-6-7-4-2-1-3-5-7;1-3-2/h3-7,9-11H,8H2,1-2H3;4-8,10H,1H2,2-3H3;1-6H;3H,1H2,2H3. The molecule has 34 heavy (non-hydrogen) atoms. The predicted molar refractivity (Wildman–Crippen MR) is 152 cm³/mol. The van der Waals surface area contributed by atoms with E-state index in [1.165, 1.54) is 16.7 Å². The molecule has 0 aliphatic rings. The van der Waals surface area contributed by atoms with Gasteiger partial charge in [0, 0.05) is 11.5 Å². The molecule has 0 amide bonds. The van der Waals surface area contributed by atoms with Gasteiger partial charge in [0.25, 0.3) is 0 Å². The highest BCUT2D eigenvalue weighted by Gasteiger charge is 2.03. The van der Waals surface area contributed by atoms with Gasteiger partial charge in [-0.05, 0) is 44.2 Å². The van der Waals surface area contributed by atoms with Crippen LogP contribution in [0, 0.1) is 0 Å². The molecular formula is C33H42O. The highest BCUT2D eigenvalue weighted by molar-refractivity contribution is 5.74. The average molecular weight is 455 g/mol. The minimum Gasteiger partial charge on any atom is -0.298 e. The molecule has 180 valence electrons. The van der Waals surface area contributed by atoms with E-state index >= 15 is 0 Å². The number of carbonyl (C=O) groups excluding carboxylic acids is 1. The molecule has 0 N–H and O–H groups in total. The number of hydrogen-bond acceptors (Lipinski definition) is 1. The van der Waals surface area contributed by atoms with Gasteiger partial charge in [0.2, 0.25) is 0 Å². The third-order valence-corrected chi connectivity index (χ3v) is 5.07. The van der Waals surface area contributed by atoms with E-state index in [9.17, 15) is 4.79 Å². The summed E-state index contributed by atoms with van der Waals surface area (Å²) >= 11 is 0. The summed E-state index contributed by atoms with van der Waals surface area (Å²) in [5.74, 6) is 1.12. The molecule has 0 fully saturated rings. The van der Waals surface area contributed by atoms with Crippen LogP contribution in [0.2, 0.25) is 0 Å². The lowest BCUT2D eigenvalue weighted by Crippen LogP contribution is -1.92. The molecule has 3 aromatic rings. The summed E-state index contributed by atoms with van der Waals surface area (Å²) in [7, 11) is 0. The molecule has 3 rings (SSSR count). The quantitative estimate of drug-likeness (QED) is 0.267. The van der Waals surface area contributed by atoms with Gasteiger partial charge < -0.3 is 0 Å². The van der Waals surface area contributed by atoms with Gasteiger partial charge in [-0.1, -0.05) is 135 Å². The molecule has 1 heteroatoms. The fraction of sp³-hybridized carbons (Fsp3) is 0.242. The van der Waals surface area contributed by atoms with Crippen molar-refractivity contribution in [1.82, 2.24) is 0 Å². The Hall–Kier alpha value is -3.45. The third kappa shape index (κ3) is 14.6. The highest BCUT2D eigenvalue weighted by Crippen LogP contribution is 2.21. The number of allylic oxidation sites excluding steroid dienone is 4. The molecule has 2 atom stereocenters. The third-order valence-electron chi connectivity index (χ3n) is 5.07. The maximum Gasteiger partial charge on any atom is 0.150 e. The Morgan fingerprint density at radius 3 is 1.56 bits per heavy atom. The molecule has 2 unspecified atom stereocenters. The van der Waals surface area contributed by atoms with Crippen LogP contribution in [0.4, 0.5) is 0 Å². The predicted octanol–water partition coefficient (Wildman–Crippen LogP) is 9.81. The smallest absolute Gasteiger partial charge is 0.150 e. The summed E-state index contributed by atoms with van der Waals surface area (Å²) in [6.45, 7) is 17.8. The summed E-state index contributed by atoms with van der Waals surface area (Å²) in [6.07, 6.45) is 8.05.